The van der Waals surface area contributed by atoms with Crippen LogP contribution in [0.3, 0.4) is 0 Å². The third-order valence-corrected chi connectivity index (χ3v) is 5.98. The number of alkyl halides is 3. The van der Waals surface area contributed by atoms with Gasteiger partial charge in [0.2, 0.25) is 0 Å². The average molecular weight is 465 g/mol. The largest absolute Gasteiger partial charge is 0.450 e. The molecule has 0 aliphatic carbocycles. The number of carbonyl (C=O) groups is 2. The summed E-state index contributed by atoms with van der Waals surface area (Å²) in [5, 5.41) is 7.15. The van der Waals surface area contributed by atoms with Gasteiger partial charge in [0.25, 0.3) is 5.91 Å². The number of aryl methyl sites for hydroxylation is 1. The van der Waals surface area contributed by atoms with E-state index in [1.54, 1.807) is 6.92 Å². The summed E-state index contributed by atoms with van der Waals surface area (Å²) in [4.78, 5) is 27.8. The lowest BCUT2D eigenvalue weighted by Gasteiger charge is -2.33. The minimum atomic E-state index is -4.52. The van der Waals surface area contributed by atoms with E-state index in [0.717, 1.165) is 15.8 Å². The zero-order valence-corrected chi connectivity index (χ0v) is 18.4. The van der Waals surface area contributed by atoms with Crippen molar-refractivity contribution in [3.8, 4) is 0 Å². The molecule has 2 aromatic rings. The number of nitrogens with zero attached hydrogens (tertiary/aromatic N) is 4. The highest BCUT2D eigenvalue weighted by atomic mass is 19.4. The van der Waals surface area contributed by atoms with Gasteiger partial charge in [-0.3, -0.25) is 4.79 Å². The number of aromatic nitrogens is 2. The molecule has 33 heavy (non-hydrogen) atoms. The van der Waals surface area contributed by atoms with Crippen LogP contribution in [0, 0.1) is 6.92 Å². The molecule has 2 aliphatic rings. The molecule has 1 aromatic carbocycles. The van der Waals surface area contributed by atoms with Crippen molar-refractivity contribution in [1.82, 2.24) is 19.6 Å². The van der Waals surface area contributed by atoms with Crippen LogP contribution >= 0.6 is 0 Å². The second-order valence-corrected chi connectivity index (χ2v) is 8.24. The number of fused-ring (bicyclic) bond motifs is 1. The number of piperazine rings is 1. The van der Waals surface area contributed by atoms with E-state index in [-0.39, 0.29) is 50.7 Å². The van der Waals surface area contributed by atoms with Crippen molar-refractivity contribution >= 4 is 17.8 Å². The van der Waals surface area contributed by atoms with Gasteiger partial charge in [-0.2, -0.15) is 18.3 Å². The molecule has 1 saturated heterocycles. The van der Waals surface area contributed by atoms with Gasteiger partial charge in [-0.1, -0.05) is 29.8 Å². The summed E-state index contributed by atoms with van der Waals surface area (Å²) in [5.74, 6) is -0.308. The van der Waals surface area contributed by atoms with Gasteiger partial charge in [-0.05, 0) is 19.4 Å². The molecular formula is C22H26F3N5O3. The van der Waals surface area contributed by atoms with Gasteiger partial charge in [0.05, 0.1) is 12.6 Å². The minimum absolute atomic E-state index is 0.0547. The second-order valence-electron chi connectivity index (χ2n) is 8.24. The molecule has 4 rings (SSSR count). The Morgan fingerprint density at radius 3 is 2.36 bits per heavy atom. The molecule has 1 aromatic heterocycles. The zero-order valence-electron chi connectivity index (χ0n) is 18.4. The van der Waals surface area contributed by atoms with Crippen LogP contribution in [-0.2, 0) is 4.74 Å². The summed E-state index contributed by atoms with van der Waals surface area (Å²) in [6, 6.07) is 6.30. The molecule has 2 aliphatic heterocycles. The number of hydrogen-bond acceptors (Lipinski definition) is 5. The Hall–Kier alpha value is -3.24. The molecule has 0 unspecified atom stereocenters. The van der Waals surface area contributed by atoms with Crippen molar-refractivity contribution in [2.75, 3.05) is 38.1 Å². The van der Waals surface area contributed by atoms with Crippen LogP contribution < -0.4 is 5.32 Å². The molecule has 0 radical (unpaired) electrons. The van der Waals surface area contributed by atoms with Crippen molar-refractivity contribution in [1.29, 1.82) is 0 Å². The first-order valence-corrected chi connectivity index (χ1v) is 10.9. The fraction of sp³-hybridized carbons (Fsp3) is 0.500. The molecule has 0 bridgehead atoms. The number of amides is 2. The van der Waals surface area contributed by atoms with Crippen molar-refractivity contribution in [3.63, 3.8) is 0 Å². The summed E-state index contributed by atoms with van der Waals surface area (Å²) in [5.41, 5.74) is 1.70. The van der Waals surface area contributed by atoms with Gasteiger partial charge in [-0.25, -0.2) is 9.48 Å². The van der Waals surface area contributed by atoms with Gasteiger partial charge in [0.1, 0.15) is 5.82 Å². The highest BCUT2D eigenvalue weighted by Gasteiger charge is 2.47. The molecular weight excluding hydrogens is 439 g/mol. The summed E-state index contributed by atoms with van der Waals surface area (Å²) in [6.07, 6.45) is -5.19. The monoisotopic (exact) mass is 465 g/mol. The molecule has 2 amide bonds. The predicted molar refractivity (Wildman–Crippen MR) is 114 cm³/mol. The van der Waals surface area contributed by atoms with Crippen molar-refractivity contribution < 1.29 is 27.5 Å². The predicted octanol–water partition coefficient (Wildman–Crippen LogP) is 3.77. The van der Waals surface area contributed by atoms with Crippen molar-refractivity contribution in [3.05, 3.63) is 47.2 Å². The van der Waals surface area contributed by atoms with Gasteiger partial charge in [-0.15, -0.1) is 0 Å². The number of carbonyl (C=O) groups excluding carboxylic acids is 2. The molecule has 0 spiro atoms. The normalized spacial score (nSPS) is 20.8. The first-order valence-electron chi connectivity index (χ1n) is 10.9. The Morgan fingerprint density at radius 1 is 1.12 bits per heavy atom. The molecule has 1 N–H and O–H groups in total. The maximum absolute atomic E-state index is 13.9. The van der Waals surface area contributed by atoms with E-state index >= 15 is 0 Å². The number of hydrogen-bond donors (Lipinski definition) is 1. The first-order chi connectivity index (χ1) is 15.7. The summed E-state index contributed by atoms with van der Waals surface area (Å²) >= 11 is 0. The smallest absolute Gasteiger partial charge is 0.410 e. The van der Waals surface area contributed by atoms with Crippen LogP contribution in [-0.4, -0.2) is 70.5 Å². The van der Waals surface area contributed by atoms with Crippen LogP contribution in [0.25, 0.3) is 0 Å². The van der Waals surface area contributed by atoms with Crippen LogP contribution in [0.5, 0.6) is 0 Å². The summed E-state index contributed by atoms with van der Waals surface area (Å²) in [7, 11) is 0. The van der Waals surface area contributed by atoms with Gasteiger partial charge >= 0.3 is 12.3 Å². The number of nitrogens with one attached hydrogen (secondary N) is 1. The number of anilines is 1. The Kier molecular flexibility index (Phi) is 6.22. The van der Waals surface area contributed by atoms with Gasteiger partial charge in [0.15, 0.2) is 11.7 Å². The Morgan fingerprint density at radius 2 is 1.76 bits per heavy atom. The Balaban J connectivity index is 1.53. The topological polar surface area (TPSA) is 79.7 Å². The lowest BCUT2D eigenvalue weighted by atomic mass is 9.96. The third kappa shape index (κ3) is 4.76. The number of halogens is 3. The maximum atomic E-state index is 13.9. The zero-order chi connectivity index (χ0) is 23.8. The van der Waals surface area contributed by atoms with E-state index in [1.807, 2.05) is 31.2 Å². The average Bonchev–Trinajstić information content (AvgIpc) is 3.22. The lowest BCUT2D eigenvalue weighted by molar-refractivity contribution is -0.173. The Labute approximate surface area is 189 Å². The summed E-state index contributed by atoms with van der Waals surface area (Å²) in [6.45, 7) is 4.97. The van der Waals surface area contributed by atoms with E-state index in [9.17, 15) is 22.8 Å². The second kappa shape index (κ2) is 8.95. The third-order valence-electron chi connectivity index (χ3n) is 5.98. The van der Waals surface area contributed by atoms with E-state index in [1.165, 1.54) is 15.9 Å². The van der Waals surface area contributed by atoms with Crippen LogP contribution in [0.2, 0.25) is 0 Å². The van der Waals surface area contributed by atoms with E-state index in [0.29, 0.717) is 0 Å². The van der Waals surface area contributed by atoms with Crippen LogP contribution in [0.1, 0.15) is 47.0 Å². The summed E-state index contributed by atoms with van der Waals surface area (Å²) < 4.78 is 47.5. The highest BCUT2D eigenvalue weighted by molar-refractivity contribution is 5.93. The van der Waals surface area contributed by atoms with Gasteiger partial charge < -0.3 is 19.9 Å². The SMILES string of the molecule is CCOC(=O)N1CCN(C(=O)c2cc3n(n2)[C@H](C(F)(F)F)C[C@H](c2ccc(C)cc2)N3)CC1. The lowest BCUT2D eigenvalue weighted by Crippen LogP contribution is -2.50. The Bertz CT molecular complexity index is 1010. The molecule has 3 heterocycles. The fourth-order valence-corrected chi connectivity index (χ4v) is 4.16. The number of benzene rings is 1. The first kappa shape index (κ1) is 22.9. The molecule has 1 fully saturated rings. The minimum Gasteiger partial charge on any atom is -0.450 e. The fourth-order valence-electron chi connectivity index (χ4n) is 4.16. The van der Waals surface area contributed by atoms with Gasteiger partial charge in [0, 0.05) is 38.7 Å². The quantitative estimate of drug-likeness (QED) is 0.747. The standard InChI is InChI=1S/C22H26F3N5O3/c1-3-33-21(32)29-10-8-28(9-11-29)20(31)17-13-19-26-16(15-6-4-14(2)5-7-15)12-18(22(23,24)25)30(19)27-17/h4-7,13,16,18,26H,3,8-12H2,1-2H3/t16-,18+/m1/s1. The molecule has 178 valence electrons. The highest BCUT2D eigenvalue weighted by Crippen LogP contribution is 2.43. The van der Waals surface area contributed by atoms with E-state index in [4.69, 9.17) is 4.74 Å². The van der Waals surface area contributed by atoms with Crippen molar-refractivity contribution in [2.24, 2.45) is 0 Å². The van der Waals surface area contributed by atoms with Crippen LogP contribution in [0.15, 0.2) is 30.3 Å². The number of ether oxygens (including phenoxy) is 1. The van der Waals surface area contributed by atoms with E-state index in [2.05, 4.69) is 10.4 Å². The van der Waals surface area contributed by atoms with E-state index < -0.39 is 30.3 Å². The van der Waals surface area contributed by atoms with Crippen molar-refractivity contribution in [2.45, 2.75) is 38.5 Å². The molecule has 0 saturated carbocycles. The molecule has 11 heteroatoms. The molecule has 2 atom stereocenters. The molecule has 8 nitrogen and oxygen atoms in total. The van der Waals surface area contributed by atoms with Crippen LogP contribution in [0.4, 0.5) is 23.8 Å². The number of rotatable bonds is 3. The maximum Gasteiger partial charge on any atom is 0.410 e.